The third kappa shape index (κ3) is 3.11. The topological polar surface area (TPSA) is 36.0 Å². The summed E-state index contributed by atoms with van der Waals surface area (Å²) in [6, 6.07) is 6.15. The van der Waals surface area contributed by atoms with Crippen molar-refractivity contribution in [3.8, 4) is 11.8 Å². The predicted octanol–water partition coefficient (Wildman–Crippen LogP) is 1.39. The Morgan fingerprint density at radius 1 is 1.22 bits per heavy atom. The molecule has 2 aliphatic heterocycles. The van der Waals surface area contributed by atoms with Gasteiger partial charge >= 0.3 is 0 Å². The third-order valence-electron chi connectivity index (χ3n) is 4.63. The molecule has 2 aliphatic rings. The molecule has 1 aromatic carbocycles. The molecular formula is C18H23N3O2. The summed E-state index contributed by atoms with van der Waals surface area (Å²) in [4.78, 5) is 18.1. The van der Waals surface area contributed by atoms with Crippen molar-refractivity contribution in [2.75, 3.05) is 39.8 Å². The van der Waals surface area contributed by atoms with E-state index in [4.69, 9.17) is 4.84 Å². The van der Waals surface area contributed by atoms with E-state index in [9.17, 15) is 4.79 Å². The van der Waals surface area contributed by atoms with Gasteiger partial charge in [-0.25, -0.2) is 5.01 Å². The third-order valence-corrected chi connectivity index (χ3v) is 4.63. The van der Waals surface area contributed by atoms with Crippen LogP contribution in [0.25, 0.3) is 0 Å². The highest BCUT2D eigenvalue weighted by atomic mass is 16.7. The molecule has 1 unspecified atom stereocenters. The van der Waals surface area contributed by atoms with Crippen LogP contribution < -0.4 is 0 Å². The van der Waals surface area contributed by atoms with Gasteiger partial charge in [-0.05, 0) is 37.1 Å². The van der Waals surface area contributed by atoms with E-state index in [1.807, 2.05) is 23.1 Å². The Morgan fingerprint density at radius 2 is 2.00 bits per heavy atom. The number of carbonyl (C=O) groups excluding carboxylic acids is 1. The van der Waals surface area contributed by atoms with E-state index in [0.29, 0.717) is 6.54 Å². The number of rotatable bonds is 2. The largest absolute Gasteiger partial charge is 0.302 e. The lowest BCUT2D eigenvalue weighted by atomic mass is 9.93. The van der Waals surface area contributed by atoms with E-state index in [1.165, 1.54) is 0 Å². The SMILES string of the molecule is CC#Cc1ccc(C2CN3CCN(OC)CCN3C2=O)c(C)c1. The van der Waals surface area contributed by atoms with Gasteiger partial charge in [-0.3, -0.25) is 9.80 Å². The van der Waals surface area contributed by atoms with Gasteiger partial charge in [0.2, 0.25) is 5.91 Å². The Balaban J connectivity index is 1.80. The Morgan fingerprint density at radius 3 is 2.70 bits per heavy atom. The minimum atomic E-state index is -0.0762. The zero-order valence-corrected chi connectivity index (χ0v) is 14.0. The molecule has 2 saturated heterocycles. The number of aryl methyl sites for hydroxylation is 1. The molecule has 23 heavy (non-hydrogen) atoms. The number of fused-ring (bicyclic) bond motifs is 1. The van der Waals surface area contributed by atoms with Crippen LogP contribution in [0.4, 0.5) is 0 Å². The fourth-order valence-electron chi connectivity index (χ4n) is 3.42. The molecule has 0 radical (unpaired) electrons. The van der Waals surface area contributed by atoms with E-state index in [1.54, 1.807) is 7.11 Å². The lowest BCUT2D eigenvalue weighted by molar-refractivity contribution is -0.139. The number of hydrazine groups is 1. The molecule has 122 valence electrons. The molecule has 0 aliphatic carbocycles. The summed E-state index contributed by atoms with van der Waals surface area (Å²) in [5, 5.41) is 5.96. The zero-order valence-electron chi connectivity index (χ0n) is 14.0. The second-order valence-corrected chi connectivity index (χ2v) is 5.98. The monoisotopic (exact) mass is 313 g/mol. The standard InChI is InChI=1S/C18H23N3O2/c1-4-5-15-6-7-16(14(2)12-15)17-13-19-8-9-20(23-3)10-11-21(19)18(17)22/h6-7,12,17H,8-11,13H2,1-3H3. The van der Waals surface area contributed by atoms with Crippen molar-refractivity contribution < 1.29 is 9.63 Å². The van der Waals surface area contributed by atoms with Gasteiger partial charge in [-0.1, -0.05) is 12.0 Å². The highest BCUT2D eigenvalue weighted by Crippen LogP contribution is 2.30. The van der Waals surface area contributed by atoms with Crippen LogP contribution in [0.2, 0.25) is 0 Å². The Hall–Kier alpha value is -1.87. The maximum absolute atomic E-state index is 12.8. The van der Waals surface area contributed by atoms with Crippen LogP contribution in [-0.2, 0) is 9.63 Å². The maximum atomic E-state index is 12.8. The predicted molar refractivity (Wildman–Crippen MR) is 88.3 cm³/mol. The lowest BCUT2D eigenvalue weighted by Crippen LogP contribution is -2.39. The summed E-state index contributed by atoms with van der Waals surface area (Å²) >= 11 is 0. The normalized spacial score (nSPS) is 22.5. The van der Waals surface area contributed by atoms with Crippen molar-refractivity contribution in [1.82, 2.24) is 15.1 Å². The summed E-state index contributed by atoms with van der Waals surface area (Å²) in [7, 11) is 1.68. The van der Waals surface area contributed by atoms with Crippen LogP contribution in [-0.4, -0.2) is 60.8 Å². The van der Waals surface area contributed by atoms with E-state index >= 15 is 0 Å². The van der Waals surface area contributed by atoms with Crippen molar-refractivity contribution in [2.45, 2.75) is 19.8 Å². The molecule has 0 N–H and O–H groups in total. The van der Waals surface area contributed by atoms with Crippen LogP contribution in [0.5, 0.6) is 0 Å². The van der Waals surface area contributed by atoms with Gasteiger partial charge in [0.05, 0.1) is 19.6 Å². The van der Waals surface area contributed by atoms with E-state index < -0.39 is 0 Å². The van der Waals surface area contributed by atoms with Gasteiger partial charge in [0.25, 0.3) is 0 Å². The molecule has 2 heterocycles. The molecule has 5 heteroatoms. The average molecular weight is 313 g/mol. The van der Waals surface area contributed by atoms with Crippen molar-refractivity contribution >= 4 is 5.91 Å². The molecule has 2 fully saturated rings. The number of nitrogens with zero attached hydrogens (tertiary/aromatic N) is 3. The second kappa shape index (κ2) is 6.71. The molecule has 3 rings (SSSR count). The van der Waals surface area contributed by atoms with Crippen molar-refractivity contribution in [2.24, 2.45) is 0 Å². The van der Waals surface area contributed by atoms with Crippen molar-refractivity contribution in [3.63, 3.8) is 0 Å². The quantitative estimate of drug-likeness (QED) is 0.773. The smallest absolute Gasteiger partial charge is 0.245 e. The molecule has 5 nitrogen and oxygen atoms in total. The van der Waals surface area contributed by atoms with Crippen LogP contribution in [0, 0.1) is 18.8 Å². The highest BCUT2D eigenvalue weighted by molar-refractivity contribution is 5.86. The number of hydroxylamine groups is 2. The summed E-state index contributed by atoms with van der Waals surface area (Å²) in [5.41, 5.74) is 3.26. The van der Waals surface area contributed by atoms with Gasteiger partial charge in [-0.2, -0.15) is 5.06 Å². The fraction of sp³-hybridized carbons (Fsp3) is 0.500. The second-order valence-electron chi connectivity index (χ2n) is 5.98. The molecule has 0 bridgehead atoms. The summed E-state index contributed by atoms with van der Waals surface area (Å²) < 4.78 is 0. The van der Waals surface area contributed by atoms with Crippen LogP contribution >= 0.6 is 0 Å². The molecule has 0 spiro atoms. The lowest BCUT2D eigenvalue weighted by Gasteiger charge is -2.23. The van der Waals surface area contributed by atoms with E-state index in [0.717, 1.165) is 42.9 Å². The van der Waals surface area contributed by atoms with Gasteiger partial charge in [0.1, 0.15) is 0 Å². The summed E-state index contributed by atoms with van der Waals surface area (Å²) in [5.74, 6) is 6.11. The van der Waals surface area contributed by atoms with Crippen LogP contribution in [0.3, 0.4) is 0 Å². The molecule has 1 atom stereocenters. The average Bonchev–Trinajstić information content (AvgIpc) is 2.72. The van der Waals surface area contributed by atoms with E-state index in [2.05, 4.69) is 35.9 Å². The van der Waals surface area contributed by atoms with Gasteiger partial charge in [0, 0.05) is 31.7 Å². The van der Waals surface area contributed by atoms with E-state index in [-0.39, 0.29) is 11.8 Å². The van der Waals surface area contributed by atoms with Gasteiger partial charge in [0.15, 0.2) is 0 Å². The first-order valence-electron chi connectivity index (χ1n) is 8.02. The summed E-state index contributed by atoms with van der Waals surface area (Å²) in [6.07, 6.45) is 0. The highest BCUT2D eigenvalue weighted by Gasteiger charge is 2.40. The Kier molecular flexibility index (Phi) is 4.67. The summed E-state index contributed by atoms with van der Waals surface area (Å²) in [6.45, 7) is 7.70. The Labute approximate surface area is 137 Å². The van der Waals surface area contributed by atoms with Crippen LogP contribution in [0.15, 0.2) is 18.2 Å². The molecule has 0 saturated carbocycles. The number of carbonyl (C=O) groups is 1. The molecule has 1 aromatic rings. The number of benzene rings is 1. The first-order chi connectivity index (χ1) is 11.1. The minimum Gasteiger partial charge on any atom is -0.302 e. The molecular weight excluding hydrogens is 290 g/mol. The maximum Gasteiger partial charge on any atom is 0.245 e. The number of hydrogen-bond acceptors (Lipinski definition) is 4. The van der Waals surface area contributed by atoms with Gasteiger partial charge < -0.3 is 4.84 Å². The van der Waals surface area contributed by atoms with Crippen LogP contribution in [0.1, 0.15) is 29.5 Å². The number of hydrogen-bond donors (Lipinski definition) is 0. The fourth-order valence-corrected chi connectivity index (χ4v) is 3.42. The first-order valence-corrected chi connectivity index (χ1v) is 8.02. The molecule has 1 amide bonds. The number of amides is 1. The molecule has 0 aromatic heterocycles. The Bertz CT molecular complexity index is 662. The first kappa shape index (κ1) is 16.0. The zero-order chi connectivity index (χ0) is 16.4. The minimum absolute atomic E-state index is 0.0762. The van der Waals surface area contributed by atoms with Gasteiger partial charge in [-0.15, -0.1) is 5.92 Å². The van der Waals surface area contributed by atoms with Crippen molar-refractivity contribution in [1.29, 1.82) is 0 Å². The van der Waals surface area contributed by atoms with Crippen molar-refractivity contribution in [3.05, 3.63) is 34.9 Å².